The highest BCUT2D eigenvalue weighted by molar-refractivity contribution is 6.06. The van der Waals surface area contributed by atoms with Crippen molar-refractivity contribution in [3.05, 3.63) is 59.4 Å². The van der Waals surface area contributed by atoms with Crippen LogP contribution in [0.25, 0.3) is 0 Å². The molecule has 5 heteroatoms. The van der Waals surface area contributed by atoms with E-state index in [0.29, 0.717) is 5.75 Å². The maximum Gasteiger partial charge on any atom is 0.258 e. The van der Waals surface area contributed by atoms with Gasteiger partial charge in [0.05, 0.1) is 18.2 Å². The van der Waals surface area contributed by atoms with Crippen LogP contribution in [-0.4, -0.2) is 13.0 Å². The SMILES string of the molecule is COc1cccc(C#N)c1NC(=O)c1ccccc1F. The van der Waals surface area contributed by atoms with E-state index >= 15 is 0 Å². The molecule has 4 nitrogen and oxygen atoms in total. The number of carbonyl (C=O) groups excluding carboxylic acids is 1. The summed E-state index contributed by atoms with van der Waals surface area (Å²) in [5.41, 5.74) is 0.377. The lowest BCUT2D eigenvalue weighted by Crippen LogP contribution is -2.15. The van der Waals surface area contributed by atoms with E-state index in [1.165, 1.54) is 25.3 Å². The predicted octanol–water partition coefficient (Wildman–Crippen LogP) is 2.96. The van der Waals surface area contributed by atoms with Gasteiger partial charge in [0, 0.05) is 0 Å². The largest absolute Gasteiger partial charge is 0.495 e. The van der Waals surface area contributed by atoms with Crippen LogP contribution in [0.3, 0.4) is 0 Å². The fourth-order valence-corrected chi connectivity index (χ4v) is 1.75. The Hall–Kier alpha value is -2.87. The molecule has 2 aromatic carbocycles. The first-order chi connectivity index (χ1) is 9.67. The van der Waals surface area contributed by atoms with Gasteiger partial charge < -0.3 is 10.1 Å². The maximum atomic E-state index is 13.6. The lowest BCUT2D eigenvalue weighted by atomic mass is 10.1. The fraction of sp³-hybridized carbons (Fsp3) is 0.0667. The second-order valence-electron chi connectivity index (χ2n) is 3.93. The molecule has 0 heterocycles. The topological polar surface area (TPSA) is 62.1 Å². The number of hydrogen-bond acceptors (Lipinski definition) is 3. The molecule has 0 aliphatic rings. The number of methoxy groups -OCH3 is 1. The van der Waals surface area contributed by atoms with Gasteiger partial charge in [0.25, 0.3) is 5.91 Å². The molecule has 0 aliphatic heterocycles. The zero-order valence-electron chi connectivity index (χ0n) is 10.7. The van der Waals surface area contributed by atoms with E-state index in [1.807, 2.05) is 6.07 Å². The number of amides is 1. The van der Waals surface area contributed by atoms with Gasteiger partial charge >= 0.3 is 0 Å². The molecule has 0 radical (unpaired) electrons. The Labute approximate surface area is 115 Å². The third-order valence-electron chi connectivity index (χ3n) is 2.72. The van der Waals surface area contributed by atoms with Crippen molar-refractivity contribution in [3.63, 3.8) is 0 Å². The number of rotatable bonds is 3. The second kappa shape index (κ2) is 5.85. The minimum absolute atomic E-state index is 0.0951. The van der Waals surface area contributed by atoms with Crippen LogP contribution in [0.1, 0.15) is 15.9 Å². The van der Waals surface area contributed by atoms with Crippen molar-refractivity contribution in [1.29, 1.82) is 5.26 Å². The molecule has 1 N–H and O–H groups in total. The average molecular weight is 270 g/mol. The van der Waals surface area contributed by atoms with Crippen molar-refractivity contribution in [2.45, 2.75) is 0 Å². The van der Waals surface area contributed by atoms with Crippen LogP contribution in [0, 0.1) is 17.1 Å². The Morgan fingerprint density at radius 1 is 1.25 bits per heavy atom. The highest BCUT2D eigenvalue weighted by Crippen LogP contribution is 2.28. The summed E-state index contributed by atoms with van der Waals surface area (Å²) in [7, 11) is 1.43. The third kappa shape index (κ3) is 2.59. The highest BCUT2D eigenvalue weighted by atomic mass is 19.1. The van der Waals surface area contributed by atoms with Gasteiger partial charge in [-0.15, -0.1) is 0 Å². The van der Waals surface area contributed by atoms with Crippen molar-refractivity contribution in [2.24, 2.45) is 0 Å². The molecule has 20 heavy (non-hydrogen) atoms. The van der Waals surface area contributed by atoms with E-state index in [9.17, 15) is 9.18 Å². The summed E-state index contributed by atoms with van der Waals surface area (Å²) in [6.07, 6.45) is 0. The second-order valence-corrected chi connectivity index (χ2v) is 3.93. The molecule has 0 saturated carbocycles. The minimum atomic E-state index is -0.635. The molecule has 0 saturated heterocycles. The van der Waals surface area contributed by atoms with E-state index in [-0.39, 0.29) is 16.8 Å². The number of nitriles is 1. The molecule has 0 spiro atoms. The minimum Gasteiger partial charge on any atom is -0.495 e. The smallest absolute Gasteiger partial charge is 0.258 e. The molecule has 0 fully saturated rings. The number of para-hydroxylation sites is 1. The van der Waals surface area contributed by atoms with Crippen molar-refractivity contribution < 1.29 is 13.9 Å². The van der Waals surface area contributed by atoms with E-state index in [0.717, 1.165) is 0 Å². The van der Waals surface area contributed by atoms with Gasteiger partial charge in [-0.3, -0.25) is 4.79 Å². The molecule has 0 bridgehead atoms. The lowest BCUT2D eigenvalue weighted by Gasteiger charge is -2.11. The normalized spacial score (nSPS) is 9.65. The summed E-state index contributed by atoms with van der Waals surface area (Å²) in [5, 5.41) is 11.6. The number of ether oxygens (including phenoxy) is 1. The lowest BCUT2D eigenvalue weighted by molar-refractivity contribution is 0.102. The molecule has 0 atom stereocenters. The molecule has 0 aromatic heterocycles. The highest BCUT2D eigenvalue weighted by Gasteiger charge is 2.16. The molecule has 2 rings (SSSR count). The van der Waals surface area contributed by atoms with Gasteiger partial charge in [-0.2, -0.15) is 5.26 Å². The molecule has 2 aromatic rings. The number of nitrogens with one attached hydrogen (secondary N) is 1. The first kappa shape index (κ1) is 13.6. The third-order valence-corrected chi connectivity index (χ3v) is 2.72. The number of hydrogen-bond donors (Lipinski definition) is 1. The number of anilines is 1. The molecule has 0 unspecified atom stereocenters. The first-order valence-corrected chi connectivity index (χ1v) is 5.80. The quantitative estimate of drug-likeness (QED) is 0.932. The summed E-state index contributed by atoms with van der Waals surface area (Å²) < 4.78 is 18.6. The van der Waals surface area contributed by atoms with Crippen molar-refractivity contribution in [1.82, 2.24) is 0 Å². The van der Waals surface area contributed by atoms with E-state index < -0.39 is 11.7 Å². The average Bonchev–Trinajstić information content (AvgIpc) is 2.47. The van der Waals surface area contributed by atoms with Crippen molar-refractivity contribution in [2.75, 3.05) is 12.4 Å². The zero-order chi connectivity index (χ0) is 14.5. The Balaban J connectivity index is 2.38. The van der Waals surface area contributed by atoms with Gasteiger partial charge in [-0.1, -0.05) is 18.2 Å². The van der Waals surface area contributed by atoms with Gasteiger partial charge in [-0.05, 0) is 24.3 Å². The molecule has 100 valence electrons. The van der Waals surface area contributed by atoms with Crippen LogP contribution in [0.15, 0.2) is 42.5 Å². The van der Waals surface area contributed by atoms with Gasteiger partial charge in [0.15, 0.2) is 0 Å². The van der Waals surface area contributed by atoms with Gasteiger partial charge in [-0.25, -0.2) is 4.39 Å². The molecule has 0 aliphatic carbocycles. The summed E-state index contributed by atoms with van der Waals surface area (Å²) in [4.78, 5) is 12.1. The maximum absolute atomic E-state index is 13.6. The number of benzene rings is 2. The summed E-state index contributed by atoms with van der Waals surface area (Å²) in [6, 6.07) is 12.4. The Bertz CT molecular complexity index is 693. The number of carbonyl (C=O) groups is 1. The van der Waals surface area contributed by atoms with E-state index in [4.69, 9.17) is 10.00 Å². The van der Waals surface area contributed by atoms with Crippen LogP contribution >= 0.6 is 0 Å². The molecule has 1 amide bonds. The van der Waals surface area contributed by atoms with Crippen LogP contribution in [-0.2, 0) is 0 Å². The summed E-state index contributed by atoms with van der Waals surface area (Å²) in [5.74, 6) is -0.920. The number of halogens is 1. The monoisotopic (exact) mass is 270 g/mol. The van der Waals surface area contributed by atoms with Crippen LogP contribution in [0.5, 0.6) is 5.75 Å². The summed E-state index contributed by atoms with van der Waals surface area (Å²) >= 11 is 0. The van der Waals surface area contributed by atoms with Crippen molar-refractivity contribution in [3.8, 4) is 11.8 Å². The summed E-state index contributed by atoms with van der Waals surface area (Å²) in [6.45, 7) is 0. The standard InChI is InChI=1S/C15H11FN2O2/c1-20-13-8-4-5-10(9-17)14(13)18-15(19)11-6-2-3-7-12(11)16/h2-8H,1H3,(H,18,19). The van der Waals surface area contributed by atoms with Crippen LogP contribution < -0.4 is 10.1 Å². The van der Waals surface area contributed by atoms with Crippen LogP contribution in [0.4, 0.5) is 10.1 Å². The number of nitrogens with zero attached hydrogens (tertiary/aromatic N) is 1. The molecular formula is C15H11FN2O2. The fourth-order valence-electron chi connectivity index (χ4n) is 1.75. The van der Waals surface area contributed by atoms with Gasteiger partial charge in [0.1, 0.15) is 23.3 Å². The zero-order valence-corrected chi connectivity index (χ0v) is 10.7. The Morgan fingerprint density at radius 3 is 2.65 bits per heavy atom. The first-order valence-electron chi connectivity index (χ1n) is 5.80. The van der Waals surface area contributed by atoms with E-state index in [1.54, 1.807) is 24.3 Å². The Kier molecular flexibility index (Phi) is 3.96. The van der Waals surface area contributed by atoms with E-state index in [2.05, 4.69) is 5.32 Å². The predicted molar refractivity (Wildman–Crippen MR) is 72.1 cm³/mol. The van der Waals surface area contributed by atoms with Crippen molar-refractivity contribution >= 4 is 11.6 Å². The van der Waals surface area contributed by atoms with Crippen LogP contribution in [0.2, 0.25) is 0 Å². The Morgan fingerprint density at radius 2 is 2.00 bits per heavy atom. The van der Waals surface area contributed by atoms with Gasteiger partial charge in [0.2, 0.25) is 0 Å². The molecular weight excluding hydrogens is 259 g/mol.